The van der Waals surface area contributed by atoms with Crippen molar-refractivity contribution in [2.45, 2.75) is 11.3 Å². The molecule has 0 aromatic heterocycles. The Morgan fingerprint density at radius 1 is 1.17 bits per heavy atom. The molecule has 0 bridgehead atoms. The number of rotatable bonds is 1. The van der Waals surface area contributed by atoms with Crippen LogP contribution in [0.15, 0.2) is 17.0 Å². The van der Waals surface area contributed by atoms with Gasteiger partial charge < -0.3 is 0 Å². The molecule has 0 atom stereocenters. The predicted molar refractivity (Wildman–Crippen MR) is 38.6 cm³/mol. The number of thiol groups is 1. The highest BCUT2D eigenvalue weighted by molar-refractivity contribution is 7.80. The average Bonchev–Trinajstić information content (AvgIpc) is 2.00. The molecule has 0 aliphatic rings. The van der Waals surface area contributed by atoms with Crippen molar-refractivity contribution in [1.29, 1.82) is 0 Å². The summed E-state index contributed by atoms with van der Waals surface area (Å²) >= 11 is 3.43. The molecule has 0 fully saturated rings. The lowest BCUT2D eigenvalue weighted by Crippen LogP contribution is -1.93. The van der Waals surface area contributed by atoms with Crippen LogP contribution in [0, 0.1) is 11.6 Å². The molecule has 0 heterocycles. The van der Waals surface area contributed by atoms with Crippen molar-refractivity contribution in [3.63, 3.8) is 0 Å². The van der Waals surface area contributed by atoms with E-state index in [9.17, 15) is 17.6 Å². The summed E-state index contributed by atoms with van der Waals surface area (Å²) < 4.78 is 48.9. The van der Waals surface area contributed by atoms with Crippen LogP contribution in [-0.4, -0.2) is 0 Å². The van der Waals surface area contributed by atoms with E-state index >= 15 is 0 Å². The second-order valence-electron chi connectivity index (χ2n) is 2.10. The highest BCUT2D eigenvalue weighted by Crippen LogP contribution is 2.28. The molecule has 1 aromatic rings. The molecule has 5 heteroatoms. The Bertz CT molecular complexity index is 298. The Morgan fingerprint density at radius 2 is 1.75 bits per heavy atom. The summed E-state index contributed by atoms with van der Waals surface area (Å²) in [5.74, 6) is -2.51. The van der Waals surface area contributed by atoms with Crippen LogP contribution in [0.1, 0.15) is 12.0 Å². The van der Waals surface area contributed by atoms with Crippen molar-refractivity contribution < 1.29 is 17.6 Å². The predicted octanol–water partition coefficient (Wildman–Crippen LogP) is 3.19. The molecule has 0 saturated carbocycles. The van der Waals surface area contributed by atoms with Crippen molar-refractivity contribution in [3.8, 4) is 0 Å². The second-order valence-corrected chi connectivity index (χ2v) is 2.55. The first-order valence-electron chi connectivity index (χ1n) is 2.99. The van der Waals surface area contributed by atoms with Crippen molar-refractivity contribution in [2.75, 3.05) is 0 Å². The van der Waals surface area contributed by atoms with Gasteiger partial charge in [0.05, 0.1) is 4.90 Å². The minimum atomic E-state index is -2.84. The largest absolute Gasteiger partial charge is 0.265 e. The molecule has 1 aromatic carbocycles. The van der Waals surface area contributed by atoms with E-state index in [-0.39, 0.29) is 0 Å². The lowest BCUT2D eigenvalue weighted by molar-refractivity contribution is 0.147. The Hall–Kier alpha value is -0.710. The maximum atomic E-state index is 12.6. The van der Waals surface area contributed by atoms with Gasteiger partial charge in [-0.3, -0.25) is 0 Å². The van der Waals surface area contributed by atoms with Gasteiger partial charge in [0.15, 0.2) is 11.6 Å². The van der Waals surface area contributed by atoms with E-state index in [2.05, 4.69) is 12.6 Å². The number of hydrogen-bond donors (Lipinski definition) is 1. The molecule has 1 rings (SSSR count). The van der Waals surface area contributed by atoms with E-state index in [0.29, 0.717) is 6.07 Å². The third-order valence-corrected chi connectivity index (χ3v) is 1.79. The highest BCUT2D eigenvalue weighted by atomic mass is 32.1. The lowest BCUT2D eigenvalue weighted by atomic mass is 10.2. The SMILES string of the molecule is Fc1ccc(C(F)F)c(S)c1F. The van der Waals surface area contributed by atoms with E-state index in [0.717, 1.165) is 6.07 Å². The molecule has 0 saturated heterocycles. The lowest BCUT2D eigenvalue weighted by Gasteiger charge is -2.04. The van der Waals surface area contributed by atoms with Crippen LogP contribution >= 0.6 is 12.6 Å². The van der Waals surface area contributed by atoms with E-state index in [1.807, 2.05) is 0 Å². The molecule has 0 nitrogen and oxygen atoms in total. The van der Waals surface area contributed by atoms with Crippen LogP contribution in [-0.2, 0) is 0 Å². The van der Waals surface area contributed by atoms with Gasteiger partial charge in [0.1, 0.15) is 0 Å². The number of halogens is 4. The van der Waals surface area contributed by atoms with Gasteiger partial charge in [0.2, 0.25) is 0 Å². The summed E-state index contributed by atoms with van der Waals surface area (Å²) in [6.45, 7) is 0. The van der Waals surface area contributed by atoms with Gasteiger partial charge >= 0.3 is 0 Å². The van der Waals surface area contributed by atoms with Crippen molar-refractivity contribution in [3.05, 3.63) is 29.3 Å². The van der Waals surface area contributed by atoms with Crippen LogP contribution in [0.4, 0.5) is 17.6 Å². The van der Waals surface area contributed by atoms with E-state index in [1.54, 1.807) is 0 Å². The second kappa shape index (κ2) is 3.35. The molecule has 0 radical (unpaired) electrons. The van der Waals surface area contributed by atoms with Gasteiger partial charge in [-0.05, 0) is 12.1 Å². The van der Waals surface area contributed by atoms with Crippen LogP contribution in [0.3, 0.4) is 0 Å². The maximum Gasteiger partial charge on any atom is 0.265 e. The molecule has 0 aliphatic carbocycles. The smallest absolute Gasteiger partial charge is 0.205 e. The third kappa shape index (κ3) is 1.55. The van der Waals surface area contributed by atoms with E-state index < -0.39 is 28.5 Å². The number of alkyl halides is 2. The molecule has 0 amide bonds. The minimum absolute atomic E-state index is 0.600. The van der Waals surface area contributed by atoms with Crippen LogP contribution in [0.25, 0.3) is 0 Å². The molecule has 0 spiro atoms. The fourth-order valence-electron chi connectivity index (χ4n) is 0.731. The van der Waals surface area contributed by atoms with E-state index in [4.69, 9.17) is 0 Å². The number of benzene rings is 1. The van der Waals surface area contributed by atoms with Crippen LogP contribution in [0.5, 0.6) is 0 Å². The Morgan fingerprint density at radius 3 is 2.25 bits per heavy atom. The van der Waals surface area contributed by atoms with Crippen molar-refractivity contribution >= 4 is 12.6 Å². The zero-order valence-electron chi connectivity index (χ0n) is 5.69. The van der Waals surface area contributed by atoms with E-state index in [1.165, 1.54) is 0 Å². The monoisotopic (exact) mass is 196 g/mol. The topological polar surface area (TPSA) is 0 Å². The Labute approximate surface area is 71.6 Å². The third-order valence-electron chi connectivity index (χ3n) is 1.34. The fourth-order valence-corrected chi connectivity index (χ4v) is 1.01. The standard InChI is InChI=1S/C7H4F4S/c8-4-2-1-3(7(10)11)6(12)5(4)9/h1-2,7,12H. The summed E-state index contributed by atoms with van der Waals surface area (Å²) in [6.07, 6.45) is -2.84. The summed E-state index contributed by atoms with van der Waals surface area (Å²) in [6, 6.07) is 1.46. The van der Waals surface area contributed by atoms with Crippen molar-refractivity contribution in [1.82, 2.24) is 0 Å². The minimum Gasteiger partial charge on any atom is -0.205 e. The molecular formula is C7H4F4S. The zero-order valence-corrected chi connectivity index (χ0v) is 6.59. The highest BCUT2D eigenvalue weighted by Gasteiger charge is 2.16. The van der Waals surface area contributed by atoms with Crippen LogP contribution in [0.2, 0.25) is 0 Å². The number of hydrogen-bond acceptors (Lipinski definition) is 1. The van der Waals surface area contributed by atoms with Gasteiger partial charge in [-0.2, -0.15) is 0 Å². The summed E-state index contributed by atoms with van der Waals surface area (Å²) in [4.78, 5) is -0.634. The Balaban J connectivity index is 3.27. The first kappa shape index (κ1) is 9.38. The first-order valence-corrected chi connectivity index (χ1v) is 3.43. The first-order chi connectivity index (χ1) is 5.54. The maximum absolute atomic E-state index is 12.6. The molecule has 0 unspecified atom stereocenters. The van der Waals surface area contributed by atoms with Gasteiger partial charge in [-0.15, -0.1) is 12.6 Å². The summed E-state index contributed by atoms with van der Waals surface area (Å²) in [5.41, 5.74) is -0.600. The van der Waals surface area contributed by atoms with Gasteiger partial charge in [-0.1, -0.05) is 0 Å². The molecule has 0 N–H and O–H groups in total. The molecule has 0 aliphatic heterocycles. The molecule has 12 heavy (non-hydrogen) atoms. The van der Waals surface area contributed by atoms with Gasteiger partial charge in [-0.25, -0.2) is 17.6 Å². The quantitative estimate of drug-likeness (QED) is 0.517. The fraction of sp³-hybridized carbons (Fsp3) is 0.143. The van der Waals surface area contributed by atoms with Crippen molar-refractivity contribution in [2.24, 2.45) is 0 Å². The van der Waals surface area contributed by atoms with Gasteiger partial charge in [0, 0.05) is 5.56 Å². The van der Waals surface area contributed by atoms with Gasteiger partial charge in [0.25, 0.3) is 6.43 Å². The summed E-state index contributed by atoms with van der Waals surface area (Å²) in [7, 11) is 0. The molecular weight excluding hydrogens is 192 g/mol. The average molecular weight is 196 g/mol. The zero-order chi connectivity index (χ0) is 9.30. The Kier molecular flexibility index (Phi) is 2.62. The van der Waals surface area contributed by atoms with Crippen LogP contribution < -0.4 is 0 Å². The molecule has 66 valence electrons. The normalized spacial score (nSPS) is 10.8. The summed E-state index contributed by atoms with van der Waals surface area (Å²) in [5, 5.41) is 0.